The van der Waals surface area contributed by atoms with Gasteiger partial charge in [0.1, 0.15) is 5.69 Å². The zero-order chi connectivity index (χ0) is 13.8. The highest BCUT2D eigenvalue weighted by molar-refractivity contribution is 5.95. The van der Waals surface area contributed by atoms with E-state index in [1.54, 1.807) is 6.92 Å². The molecule has 3 nitrogen and oxygen atoms in total. The molecule has 0 aliphatic rings. The van der Waals surface area contributed by atoms with Crippen LogP contribution < -0.4 is 0 Å². The highest BCUT2D eigenvalue weighted by Gasteiger charge is 2.31. The molecule has 1 aromatic rings. The first-order valence-corrected chi connectivity index (χ1v) is 5.42. The molecule has 0 saturated heterocycles. The number of alkyl halides is 3. The normalized spacial score (nSPS) is 13.4. The number of nitrogens with zero attached hydrogens (tertiary/aromatic N) is 1. The van der Waals surface area contributed by atoms with Gasteiger partial charge in [0.05, 0.1) is 5.56 Å². The monoisotopic (exact) mass is 261 g/mol. The molecule has 6 heteroatoms. The van der Waals surface area contributed by atoms with Crippen molar-refractivity contribution in [1.82, 2.24) is 4.98 Å². The Balaban J connectivity index is 2.76. The molecule has 1 rings (SSSR count). The van der Waals surface area contributed by atoms with Crippen molar-refractivity contribution in [2.75, 3.05) is 13.7 Å². The minimum absolute atomic E-state index is 0.0478. The summed E-state index contributed by atoms with van der Waals surface area (Å²) in [6.07, 6.45) is -3.25. The molecule has 0 aromatic carbocycles. The molecular weight excluding hydrogens is 247 g/mol. The van der Waals surface area contributed by atoms with Crippen LogP contribution >= 0.6 is 0 Å². The fraction of sp³-hybridized carbons (Fsp3) is 0.500. The van der Waals surface area contributed by atoms with Gasteiger partial charge in [0.15, 0.2) is 5.78 Å². The number of halogens is 3. The van der Waals surface area contributed by atoms with Crippen LogP contribution in [0.25, 0.3) is 0 Å². The molecule has 0 amide bonds. The Morgan fingerprint density at radius 2 is 2.11 bits per heavy atom. The number of hydrogen-bond acceptors (Lipinski definition) is 3. The SMILES string of the molecule is COCCC(C)C(=O)c1ccc(C(F)(F)F)cn1. The van der Waals surface area contributed by atoms with Crippen molar-refractivity contribution >= 4 is 5.78 Å². The Kier molecular flexibility index (Phi) is 4.84. The van der Waals surface area contributed by atoms with Crippen LogP contribution in [0.5, 0.6) is 0 Å². The van der Waals surface area contributed by atoms with Crippen molar-refractivity contribution in [3.05, 3.63) is 29.6 Å². The van der Waals surface area contributed by atoms with Crippen LogP contribution in [-0.4, -0.2) is 24.5 Å². The Hall–Kier alpha value is -1.43. The van der Waals surface area contributed by atoms with E-state index in [1.807, 2.05) is 0 Å². The van der Waals surface area contributed by atoms with Crippen molar-refractivity contribution in [2.24, 2.45) is 5.92 Å². The third-order valence-electron chi connectivity index (χ3n) is 2.55. The van der Waals surface area contributed by atoms with Crippen LogP contribution in [0.2, 0.25) is 0 Å². The Labute approximate surface area is 103 Å². The molecule has 1 heterocycles. The fourth-order valence-electron chi connectivity index (χ4n) is 1.39. The second-order valence-electron chi connectivity index (χ2n) is 3.98. The molecule has 1 unspecified atom stereocenters. The molecule has 0 spiro atoms. The van der Waals surface area contributed by atoms with Gasteiger partial charge >= 0.3 is 6.18 Å². The van der Waals surface area contributed by atoms with Gasteiger partial charge in [-0.2, -0.15) is 13.2 Å². The van der Waals surface area contributed by atoms with Crippen LogP contribution in [0.4, 0.5) is 13.2 Å². The number of carbonyl (C=O) groups is 1. The number of methoxy groups -OCH3 is 1. The van der Waals surface area contributed by atoms with E-state index in [0.717, 1.165) is 12.1 Å². The van der Waals surface area contributed by atoms with E-state index in [1.165, 1.54) is 7.11 Å². The molecule has 0 saturated carbocycles. The van der Waals surface area contributed by atoms with E-state index in [9.17, 15) is 18.0 Å². The van der Waals surface area contributed by atoms with Gasteiger partial charge in [-0.15, -0.1) is 0 Å². The van der Waals surface area contributed by atoms with Crippen LogP contribution in [0.15, 0.2) is 18.3 Å². The van der Waals surface area contributed by atoms with Crippen LogP contribution in [-0.2, 0) is 10.9 Å². The van der Waals surface area contributed by atoms with Gasteiger partial charge in [-0.05, 0) is 18.6 Å². The molecule has 0 aliphatic heterocycles. The van der Waals surface area contributed by atoms with Gasteiger partial charge in [0.2, 0.25) is 0 Å². The summed E-state index contributed by atoms with van der Waals surface area (Å²) >= 11 is 0. The van der Waals surface area contributed by atoms with Gasteiger partial charge in [-0.1, -0.05) is 6.92 Å². The van der Waals surface area contributed by atoms with E-state index in [0.29, 0.717) is 19.2 Å². The summed E-state index contributed by atoms with van der Waals surface area (Å²) in [5.41, 5.74) is -0.810. The van der Waals surface area contributed by atoms with Crippen LogP contribution in [0.1, 0.15) is 29.4 Å². The standard InChI is InChI=1S/C12H14F3NO2/c1-8(5-6-18-2)11(17)10-4-3-9(7-16-10)12(13,14)15/h3-4,7-8H,5-6H2,1-2H3. The third-order valence-corrected chi connectivity index (χ3v) is 2.55. The topological polar surface area (TPSA) is 39.2 Å². The second-order valence-corrected chi connectivity index (χ2v) is 3.98. The quantitative estimate of drug-likeness (QED) is 0.765. The van der Waals surface area contributed by atoms with Crippen molar-refractivity contribution in [2.45, 2.75) is 19.5 Å². The maximum absolute atomic E-state index is 12.3. The summed E-state index contributed by atoms with van der Waals surface area (Å²) in [7, 11) is 1.52. The van der Waals surface area contributed by atoms with E-state index >= 15 is 0 Å². The number of Topliss-reactive ketones (excluding diaryl/α,β-unsaturated/α-hetero) is 1. The van der Waals surface area contributed by atoms with Gasteiger partial charge in [-0.3, -0.25) is 9.78 Å². The van der Waals surface area contributed by atoms with E-state index in [4.69, 9.17) is 4.74 Å². The minimum Gasteiger partial charge on any atom is -0.385 e. The summed E-state index contributed by atoms with van der Waals surface area (Å²) < 4.78 is 41.8. The Bertz CT molecular complexity index is 401. The zero-order valence-electron chi connectivity index (χ0n) is 10.1. The fourth-order valence-corrected chi connectivity index (χ4v) is 1.39. The Morgan fingerprint density at radius 3 is 2.56 bits per heavy atom. The van der Waals surface area contributed by atoms with E-state index < -0.39 is 11.7 Å². The molecule has 0 bridgehead atoms. The lowest BCUT2D eigenvalue weighted by Crippen LogP contribution is -2.15. The van der Waals surface area contributed by atoms with Crippen LogP contribution in [0.3, 0.4) is 0 Å². The van der Waals surface area contributed by atoms with Crippen LogP contribution in [0, 0.1) is 5.92 Å². The molecular formula is C12H14F3NO2. The highest BCUT2D eigenvalue weighted by Crippen LogP contribution is 2.28. The first kappa shape index (κ1) is 14.6. The molecule has 100 valence electrons. The lowest BCUT2D eigenvalue weighted by atomic mass is 10.00. The predicted molar refractivity (Wildman–Crippen MR) is 59.2 cm³/mol. The average Bonchev–Trinajstić information content (AvgIpc) is 2.34. The molecule has 1 aromatic heterocycles. The van der Waals surface area contributed by atoms with E-state index in [-0.39, 0.29) is 17.4 Å². The predicted octanol–water partition coefficient (Wildman–Crippen LogP) is 2.96. The van der Waals surface area contributed by atoms with Crippen molar-refractivity contribution < 1.29 is 22.7 Å². The maximum Gasteiger partial charge on any atom is 0.417 e. The van der Waals surface area contributed by atoms with Gasteiger partial charge in [0.25, 0.3) is 0 Å². The summed E-state index contributed by atoms with van der Waals surface area (Å²) in [4.78, 5) is 15.4. The first-order chi connectivity index (χ1) is 8.36. The zero-order valence-corrected chi connectivity index (χ0v) is 10.1. The highest BCUT2D eigenvalue weighted by atomic mass is 19.4. The number of ketones is 1. The number of ether oxygens (including phenoxy) is 1. The summed E-state index contributed by atoms with van der Waals surface area (Å²) in [6, 6.07) is 1.97. The summed E-state index contributed by atoms with van der Waals surface area (Å²) in [6.45, 7) is 2.12. The largest absolute Gasteiger partial charge is 0.417 e. The Morgan fingerprint density at radius 1 is 1.44 bits per heavy atom. The molecule has 18 heavy (non-hydrogen) atoms. The lowest BCUT2D eigenvalue weighted by molar-refractivity contribution is -0.137. The second kappa shape index (κ2) is 5.95. The van der Waals surface area contributed by atoms with Gasteiger partial charge < -0.3 is 4.74 Å². The summed E-state index contributed by atoms with van der Waals surface area (Å²) in [5, 5.41) is 0. The molecule has 0 radical (unpaired) electrons. The number of aromatic nitrogens is 1. The number of carbonyl (C=O) groups excluding carboxylic acids is 1. The number of hydrogen-bond donors (Lipinski definition) is 0. The average molecular weight is 261 g/mol. The van der Waals surface area contributed by atoms with Crippen molar-refractivity contribution in [3.63, 3.8) is 0 Å². The van der Waals surface area contributed by atoms with E-state index in [2.05, 4.69) is 4.98 Å². The molecule has 0 N–H and O–H groups in total. The van der Waals surface area contributed by atoms with Crippen molar-refractivity contribution in [3.8, 4) is 0 Å². The molecule has 1 atom stereocenters. The van der Waals surface area contributed by atoms with Gasteiger partial charge in [0, 0.05) is 25.8 Å². The van der Waals surface area contributed by atoms with Crippen molar-refractivity contribution in [1.29, 1.82) is 0 Å². The molecule has 0 fully saturated rings. The first-order valence-electron chi connectivity index (χ1n) is 5.42. The smallest absolute Gasteiger partial charge is 0.385 e. The maximum atomic E-state index is 12.3. The lowest BCUT2D eigenvalue weighted by Gasteiger charge is -2.10. The van der Waals surface area contributed by atoms with Gasteiger partial charge in [-0.25, -0.2) is 0 Å². The number of rotatable bonds is 5. The summed E-state index contributed by atoms with van der Waals surface area (Å²) in [5.74, 6) is -0.602. The number of pyridine rings is 1. The third kappa shape index (κ3) is 3.80. The molecule has 0 aliphatic carbocycles. The minimum atomic E-state index is -4.43.